The van der Waals surface area contributed by atoms with Gasteiger partial charge in [0, 0.05) is 6.54 Å². The summed E-state index contributed by atoms with van der Waals surface area (Å²) in [5, 5.41) is 8.68. The van der Waals surface area contributed by atoms with Gasteiger partial charge in [0.15, 0.2) is 0 Å². The first-order valence-electron chi connectivity index (χ1n) is 5.31. The predicted octanol–water partition coefficient (Wildman–Crippen LogP) is 0.446. The molecule has 0 saturated carbocycles. The summed E-state index contributed by atoms with van der Waals surface area (Å²) in [6, 6.07) is -0.773. The van der Waals surface area contributed by atoms with Gasteiger partial charge in [0.2, 0.25) is 5.91 Å². The number of amides is 1. The highest BCUT2D eigenvalue weighted by Crippen LogP contribution is 2.07. The van der Waals surface area contributed by atoms with Crippen LogP contribution < -0.4 is 5.73 Å². The largest absolute Gasteiger partial charge is 0.395 e. The molecule has 16 heavy (non-hydrogen) atoms. The maximum Gasteiger partial charge on any atom is 0.255 e. The maximum atomic E-state index is 12.2. The number of alkyl halides is 2. The van der Waals surface area contributed by atoms with E-state index in [4.69, 9.17) is 10.8 Å². The molecule has 0 unspecified atom stereocenters. The molecule has 0 fully saturated rings. The van der Waals surface area contributed by atoms with Crippen molar-refractivity contribution in [1.29, 1.82) is 0 Å². The minimum atomic E-state index is -2.61. The lowest BCUT2D eigenvalue weighted by Gasteiger charge is -2.25. The summed E-state index contributed by atoms with van der Waals surface area (Å²) in [4.78, 5) is 12.6. The number of carbonyl (C=O) groups excluding carboxylic acids is 1. The highest BCUT2D eigenvalue weighted by Gasteiger charge is 2.23. The van der Waals surface area contributed by atoms with Gasteiger partial charge in [-0.2, -0.15) is 0 Å². The van der Waals surface area contributed by atoms with Crippen LogP contribution in [0.3, 0.4) is 0 Å². The molecule has 0 aromatic rings. The molecule has 0 heterocycles. The van der Waals surface area contributed by atoms with Crippen molar-refractivity contribution >= 4 is 5.91 Å². The van der Waals surface area contributed by atoms with E-state index in [1.807, 2.05) is 13.8 Å². The number of halogens is 2. The van der Waals surface area contributed by atoms with Crippen molar-refractivity contribution in [2.24, 2.45) is 11.7 Å². The van der Waals surface area contributed by atoms with Crippen molar-refractivity contribution in [2.75, 3.05) is 19.7 Å². The zero-order valence-corrected chi connectivity index (χ0v) is 9.70. The first-order valence-corrected chi connectivity index (χ1v) is 5.31. The van der Waals surface area contributed by atoms with Crippen molar-refractivity contribution in [3.63, 3.8) is 0 Å². The van der Waals surface area contributed by atoms with Crippen LogP contribution in [0, 0.1) is 5.92 Å². The van der Waals surface area contributed by atoms with Crippen LogP contribution in [-0.4, -0.2) is 48.1 Å². The quantitative estimate of drug-likeness (QED) is 0.676. The zero-order valence-electron chi connectivity index (χ0n) is 9.70. The fourth-order valence-corrected chi connectivity index (χ4v) is 1.42. The van der Waals surface area contributed by atoms with E-state index in [0.29, 0.717) is 6.42 Å². The zero-order chi connectivity index (χ0) is 12.7. The second kappa shape index (κ2) is 7.51. The molecule has 0 aliphatic carbocycles. The average Bonchev–Trinajstić information content (AvgIpc) is 2.14. The molecule has 4 nitrogen and oxygen atoms in total. The van der Waals surface area contributed by atoms with Gasteiger partial charge in [0.05, 0.1) is 19.2 Å². The number of hydrogen-bond donors (Lipinski definition) is 2. The Morgan fingerprint density at radius 1 is 1.44 bits per heavy atom. The number of aliphatic hydroxyl groups excluding tert-OH is 1. The first kappa shape index (κ1) is 15.2. The van der Waals surface area contributed by atoms with E-state index in [-0.39, 0.29) is 19.1 Å². The average molecular weight is 238 g/mol. The summed E-state index contributed by atoms with van der Waals surface area (Å²) in [7, 11) is 0. The Hall–Kier alpha value is -0.750. The Morgan fingerprint density at radius 2 is 2.00 bits per heavy atom. The molecule has 1 atom stereocenters. The third-order valence-corrected chi connectivity index (χ3v) is 2.08. The van der Waals surface area contributed by atoms with Crippen LogP contribution in [-0.2, 0) is 4.79 Å². The summed E-state index contributed by atoms with van der Waals surface area (Å²) in [6.07, 6.45) is -2.16. The molecule has 0 saturated heterocycles. The topological polar surface area (TPSA) is 66.6 Å². The molecule has 0 bridgehead atoms. The van der Waals surface area contributed by atoms with E-state index in [2.05, 4.69) is 0 Å². The molecule has 0 rings (SSSR count). The second-order valence-electron chi connectivity index (χ2n) is 4.13. The summed E-state index contributed by atoms with van der Waals surface area (Å²) >= 11 is 0. The third-order valence-electron chi connectivity index (χ3n) is 2.08. The molecule has 0 aliphatic heterocycles. The maximum absolute atomic E-state index is 12.2. The second-order valence-corrected chi connectivity index (χ2v) is 4.13. The first-order chi connectivity index (χ1) is 7.38. The van der Waals surface area contributed by atoms with E-state index in [1.54, 1.807) is 0 Å². The molecule has 1 amide bonds. The van der Waals surface area contributed by atoms with E-state index in [0.717, 1.165) is 4.90 Å². The van der Waals surface area contributed by atoms with Gasteiger partial charge in [-0.1, -0.05) is 13.8 Å². The minimum absolute atomic E-state index is 0.102. The van der Waals surface area contributed by atoms with Gasteiger partial charge in [0.25, 0.3) is 6.43 Å². The van der Waals surface area contributed by atoms with Crippen LogP contribution in [0.2, 0.25) is 0 Å². The van der Waals surface area contributed by atoms with Gasteiger partial charge in [0.1, 0.15) is 0 Å². The van der Waals surface area contributed by atoms with Crippen LogP contribution >= 0.6 is 0 Å². The molecule has 0 aromatic heterocycles. The van der Waals surface area contributed by atoms with Crippen molar-refractivity contribution in [3.8, 4) is 0 Å². The Bertz CT molecular complexity index is 213. The fourth-order valence-electron chi connectivity index (χ4n) is 1.42. The van der Waals surface area contributed by atoms with Gasteiger partial charge in [-0.3, -0.25) is 4.79 Å². The molecular weight excluding hydrogens is 218 g/mol. The molecule has 0 aliphatic rings. The summed E-state index contributed by atoms with van der Waals surface area (Å²) in [6.45, 7) is 2.68. The number of nitrogens with two attached hydrogens (primary N) is 1. The minimum Gasteiger partial charge on any atom is -0.395 e. The normalized spacial score (nSPS) is 13.2. The number of hydrogen-bond acceptors (Lipinski definition) is 3. The predicted molar refractivity (Wildman–Crippen MR) is 57.1 cm³/mol. The molecule has 0 spiro atoms. The number of rotatable bonds is 7. The lowest BCUT2D eigenvalue weighted by atomic mass is 10.0. The van der Waals surface area contributed by atoms with Crippen LogP contribution in [0.1, 0.15) is 20.3 Å². The smallest absolute Gasteiger partial charge is 0.255 e. The molecule has 0 aromatic carbocycles. The van der Waals surface area contributed by atoms with Crippen LogP contribution in [0.15, 0.2) is 0 Å². The monoisotopic (exact) mass is 238 g/mol. The third kappa shape index (κ3) is 5.97. The fraction of sp³-hybridized carbons (Fsp3) is 0.900. The SMILES string of the molecule is CC(C)C[C@H](N)C(=O)N(CCO)CC(F)F. The van der Waals surface area contributed by atoms with E-state index < -0.39 is 24.9 Å². The number of aliphatic hydroxyl groups is 1. The standard InChI is InChI=1S/C10H20F2N2O2/c1-7(2)5-8(13)10(16)14(3-4-15)6-9(11)12/h7-9,15H,3-6,13H2,1-2H3/t8-/m0/s1. The van der Waals surface area contributed by atoms with Gasteiger partial charge in [-0.25, -0.2) is 8.78 Å². The molecule has 6 heteroatoms. The lowest BCUT2D eigenvalue weighted by molar-refractivity contribution is -0.135. The van der Waals surface area contributed by atoms with Crippen molar-refractivity contribution in [1.82, 2.24) is 4.90 Å². The van der Waals surface area contributed by atoms with Gasteiger partial charge < -0.3 is 15.7 Å². The molecule has 0 radical (unpaired) electrons. The van der Waals surface area contributed by atoms with Crippen molar-refractivity contribution in [2.45, 2.75) is 32.7 Å². The summed E-state index contributed by atoms with van der Waals surface area (Å²) in [5.41, 5.74) is 5.61. The van der Waals surface area contributed by atoms with Crippen molar-refractivity contribution in [3.05, 3.63) is 0 Å². The summed E-state index contributed by atoms with van der Waals surface area (Å²) < 4.78 is 24.4. The summed E-state index contributed by atoms with van der Waals surface area (Å²) in [5.74, 6) is -0.301. The lowest BCUT2D eigenvalue weighted by Crippen LogP contribution is -2.47. The Balaban J connectivity index is 4.35. The van der Waals surface area contributed by atoms with Crippen LogP contribution in [0.5, 0.6) is 0 Å². The Morgan fingerprint density at radius 3 is 2.38 bits per heavy atom. The van der Waals surface area contributed by atoms with Gasteiger partial charge in [-0.05, 0) is 12.3 Å². The van der Waals surface area contributed by atoms with Crippen molar-refractivity contribution < 1.29 is 18.7 Å². The van der Waals surface area contributed by atoms with Crippen LogP contribution in [0.25, 0.3) is 0 Å². The van der Waals surface area contributed by atoms with E-state index >= 15 is 0 Å². The highest BCUT2D eigenvalue weighted by atomic mass is 19.3. The molecule has 3 N–H and O–H groups in total. The Labute approximate surface area is 94.4 Å². The van der Waals surface area contributed by atoms with Gasteiger partial charge >= 0.3 is 0 Å². The Kier molecular flexibility index (Phi) is 7.16. The van der Waals surface area contributed by atoms with E-state index in [9.17, 15) is 13.6 Å². The highest BCUT2D eigenvalue weighted by molar-refractivity contribution is 5.81. The number of carbonyl (C=O) groups is 1. The number of nitrogens with zero attached hydrogens (tertiary/aromatic N) is 1. The van der Waals surface area contributed by atoms with E-state index in [1.165, 1.54) is 0 Å². The van der Waals surface area contributed by atoms with Gasteiger partial charge in [-0.15, -0.1) is 0 Å². The molecular formula is C10H20F2N2O2. The molecule has 96 valence electrons. The van der Waals surface area contributed by atoms with Crippen LogP contribution in [0.4, 0.5) is 8.78 Å².